The van der Waals surface area contributed by atoms with Crippen molar-refractivity contribution in [1.82, 2.24) is 10.3 Å². The highest BCUT2D eigenvalue weighted by Crippen LogP contribution is 2.23. The molecule has 3 aromatic rings. The molecule has 3 nitrogen and oxygen atoms in total. The Bertz CT molecular complexity index is 723. The third-order valence-corrected chi connectivity index (χ3v) is 3.51. The fourth-order valence-electron chi connectivity index (χ4n) is 2.45. The number of hydrogen-bond acceptors (Lipinski definition) is 3. The first-order chi connectivity index (χ1) is 10.4. The van der Waals surface area contributed by atoms with Gasteiger partial charge in [-0.25, -0.2) is 4.98 Å². The van der Waals surface area contributed by atoms with Crippen molar-refractivity contribution in [2.75, 3.05) is 13.1 Å². The van der Waals surface area contributed by atoms with Crippen molar-refractivity contribution in [1.29, 1.82) is 0 Å². The largest absolute Gasteiger partial charge is 0.329 e. The molecule has 21 heavy (non-hydrogen) atoms. The molecule has 0 amide bonds. The van der Waals surface area contributed by atoms with Crippen LogP contribution in [0.1, 0.15) is 5.56 Å². The molecular weight excluding hydrogens is 258 g/mol. The Hall–Kier alpha value is -2.23. The highest BCUT2D eigenvalue weighted by Gasteiger charge is 2.05. The minimum Gasteiger partial charge on any atom is -0.329 e. The first-order valence-corrected chi connectivity index (χ1v) is 7.23. The molecule has 1 heterocycles. The predicted molar refractivity (Wildman–Crippen MR) is 87.9 cm³/mol. The smallest absolute Gasteiger partial charge is 0.0754 e. The van der Waals surface area contributed by atoms with Gasteiger partial charge in [0.25, 0.3) is 0 Å². The van der Waals surface area contributed by atoms with Crippen LogP contribution in [0.25, 0.3) is 22.2 Å². The molecule has 3 N–H and O–H groups in total. The molecule has 0 atom stereocenters. The van der Waals surface area contributed by atoms with E-state index >= 15 is 0 Å². The van der Waals surface area contributed by atoms with Gasteiger partial charge in [0, 0.05) is 30.6 Å². The summed E-state index contributed by atoms with van der Waals surface area (Å²) in [6, 6.07) is 20.8. The molecule has 0 bridgehead atoms. The summed E-state index contributed by atoms with van der Waals surface area (Å²) in [6.45, 7) is 2.25. The second-order valence-corrected chi connectivity index (χ2v) is 5.02. The van der Waals surface area contributed by atoms with Crippen LogP contribution in [0.2, 0.25) is 0 Å². The van der Waals surface area contributed by atoms with Crippen LogP contribution in [0.15, 0.2) is 60.7 Å². The summed E-state index contributed by atoms with van der Waals surface area (Å²) in [7, 11) is 0. The maximum Gasteiger partial charge on any atom is 0.0754 e. The lowest BCUT2D eigenvalue weighted by atomic mass is 10.1. The monoisotopic (exact) mass is 277 g/mol. The van der Waals surface area contributed by atoms with Crippen LogP contribution in [0.4, 0.5) is 0 Å². The van der Waals surface area contributed by atoms with Gasteiger partial charge in [0.15, 0.2) is 0 Å². The molecule has 0 saturated carbocycles. The van der Waals surface area contributed by atoms with E-state index in [1.807, 2.05) is 18.2 Å². The molecular formula is C18H19N3. The Balaban J connectivity index is 2.01. The van der Waals surface area contributed by atoms with E-state index in [2.05, 4.69) is 47.8 Å². The Morgan fingerprint density at radius 3 is 2.57 bits per heavy atom. The van der Waals surface area contributed by atoms with Gasteiger partial charge in [-0.05, 0) is 11.6 Å². The Kier molecular flexibility index (Phi) is 4.24. The second-order valence-electron chi connectivity index (χ2n) is 5.02. The molecule has 0 spiro atoms. The number of hydrogen-bond donors (Lipinski definition) is 2. The van der Waals surface area contributed by atoms with Crippen molar-refractivity contribution in [2.24, 2.45) is 5.73 Å². The number of benzene rings is 2. The number of para-hydroxylation sites is 1. The lowest BCUT2D eigenvalue weighted by molar-refractivity contribution is 0.697. The van der Waals surface area contributed by atoms with E-state index in [4.69, 9.17) is 10.7 Å². The van der Waals surface area contributed by atoms with Crippen LogP contribution in [-0.2, 0) is 6.54 Å². The van der Waals surface area contributed by atoms with E-state index in [1.54, 1.807) is 0 Å². The summed E-state index contributed by atoms with van der Waals surface area (Å²) in [5.74, 6) is 0. The van der Waals surface area contributed by atoms with Gasteiger partial charge in [-0.15, -0.1) is 0 Å². The van der Waals surface area contributed by atoms with Crippen LogP contribution in [-0.4, -0.2) is 18.1 Å². The number of fused-ring (bicyclic) bond motifs is 1. The van der Waals surface area contributed by atoms with E-state index in [-0.39, 0.29) is 0 Å². The van der Waals surface area contributed by atoms with Crippen molar-refractivity contribution >= 4 is 10.9 Å². The van der Waals surface area contributed by atoms with E-state index in [1.165, 1.54) is 10.9 Å². The van der Waals surface area contributed by atoms with E-state index < -0.39 is 0 Å². The highest BCUT2D eigenvalue weighted by atomic mass is 14.9. The Labute approximate surface area is 124 Å². The zero-order chi connectivity index (χ0) is 14.5. The van der Waals surface area contributed by atoms with Crippen LogP contribution < -0.4 is 11.1 Å². The summed E-state index contributed by atoms with van der Waals surface area (Å²) in [5.41, 5.74) is 9.94. The lowest BCUT2D eigenvalue weighted by Gasteiger charge is -2.09. The van der Waals surface area contributed by atoms with E-state index in [9.17, 15) is 0 Å². The lowest BCUT2D eigenvalue weighted by Crippen LogP contribution is -2.22. The molecule has 1 aromatic heterocycles. The van der Waals surface area contributed by atoms with E-state index in [0.29, 0.717) is 6.54 Å². The van der Waals surface area contributed by atoms with Crippen molar-refractivity contribution in [3.05, 3.63) is 66.2 Å². The van der Waals surface area contributed by atoms with Gasteiger partial charge >= 0.3 is 0 Å². The van der Waals surface area contributed by atoms with Gasteiger partial charge in [0.2, 0.25) is 0 Å². The highest BCUT2D eigenvalue weighted by molar-refractivity contribution is 5.84. The van der Waals surface area contributed by atoms with Crippen LogP contribution in [0.3, 0.4) is 0 Å². The molecule has 0 unspecified atom stereocenters. The first kappa shape index (κ1) is 13.7. The second kappa shape index (κ2) is 6.48. The Morgan fingerprint density at radius 1 is 0.905 bits per heavy atom. The average Bonchev–Trinajstić information content (AvgIpc) is 2.56. The minimum absolute atomic E-state index is 0.646. The van der Waals surface area contributed by atoms with Crippen molar-refractivity contribution in [2.45, 2.75) is 6.54 Å². The standard InChI is InChI=1S/C18H19N3/c19-11-12-20-13-16-8-4-7-15-9-10-17(21-18(15)16)14-5-2-1-3-6-14/h1-10,20H,11-13,19H2. The SMILES string of the molecule is NCCNCc1cccc2ccc(-c3ccccc3)nc12. The van der Waals surface area contributed by atoms with Crippen LogP contribution in [0.5, 0.6) is 0 Å². The average molecular weight is 277 g/mol. The Morgan fingerprint density at radius 2 is 1.76 bits per heavy atom. The van der Waals surface area contributed by atoms with Gasteiger partial charge < -0.3 is 11.1 Å². The summed E-state index contributed by atoms with van der Waals surface area (Å²) >= 11 is 0. The van der Waals surface area contributed by atoms with Crippen LogP contribution >= 0.6 is 0 Å². The molecule has 0 aliphatic carbocycles. The summed E-state index contributed by atoms with van der Waals surface area (Å²) < 4.78 is 0. The van der Waals surface area contributed by atoms with Crippen LogP contribution in [0, 0.1) is 0 Å². The van der Waals surface area contributed by atoms with Crippen molar-refractivity contribution < 1.29 is 0 Å². The summed E-state index contributed by atoms with van der Waals surface area (Å²) in [6.07, 6.45) is 0. The third kappa shape index (κ3) is 3.10. The topological polar surface area (TPSA) is 50.9 Å². The molecule has 0 aliphatic heterocycles. The van der Waals surface area contributed by atoms with E-state index in [0.717, 1.165) is 29.9 Å². The molecule has 3 rings (SSSR count). The maximum absolute atomic E-state index is 5.53. The molecule has 0 fully saturated rings. The quantitative estimate of drug-likeness (QED) is 0.705. The fraction of sp³-hybridized carbons (Fsp3) is 0.167. The first-order valence-electron chi connectivity index (χ1n) is 7.23. The normalized spacial score (nSPS) is 10.9. The molecule has 0 aliphatic rings. The van der Waals surface area contributed by atoms with Gasteiger partial charge in [-0.2, -0.15) is 0 Å². The zero-order valence-corrected chi connectivity index (χ0v) is 11.9. The molecule has 106 valence electrons. The van der Waals surface area contributed by atoms with Gasteiger partial charge in [0.1, 0.15) is 0 Å². The third-order valence-electron chi connectivity index (χ3n) is 3.51. The number of nitrogens with two attached hydrogens (primary N) is 1. The summed E-state index contributed by atoms with van der Waals surface area (Å²) in [5, 5.41) is 4.51. The van der Waals surface area contributed by atoms with Crippen molar-refractivity contribution in [3.8, 4) is 11.3 Å². The number of pyridine rings is 1. The maximum atomic E-state index is 5.53. The minimum atomic E-state index is 0.646. The van der Waals surface area contributed by atoms with Gasteiger partial charge in [0.05, 0.1) is 11.2 Å². The van der Waals surface area contributed by atoms with Gasteiger partial charge in [-0.1, -0.05) is 54.6 Å². The number of aromatic nitrogens is 1. The number of rotatable bonds is 5. The van der Waals surface area contributed by atoms with Crippen molar-refractivity contribution in [3.63, 3.8) is 0 Å². The summed E-state index contributed by atoms with van der Waals surface area (Å²) in [4.78, 5) is 4.85. The fourth-order valence-corrected chi connectivity index (χ4v) is 2.45. The zero-order valence-electron chi connectivity index (χ0n) is 11.9. The predicted octanol–water partition coefficient (Wildman–Crippen LogP) is 2.95. The molecule has 3 heteroatoms. The molecule has 0 radical (unpaired) electrons. The van der Waals surface area contributed by atoms with Gasteiger partial charge in [-0.3, -0.25) is 0 Å². The molecule has 2 aromatic carbocycles. The number of nitrogens with zero attached hydrogens (tertiary/aromatic N) is 1. The number of nitrogens with one attached hydrogen (secondary N) is 1. The molecule has 0 saturated heterocycles.